The topological polar surface area (TPSA) is 42.4 Å². The Kier molecular flexibility index (Phi) is 4.66. The van der Waals surface area contributed by atoms with Crippen molar-refractivity contribution in [2.24, 2.45) is 0 Å². The highest BCUT2D eigenvalue weighted by atomic mass is 32.1. The molecule has 3 rings (SSSR count). The molecule has 23 heavy (non-hydrogen) atoms. The van der Waals surface area contributed by atoms with Crippen LogP contribution in [0.5, 0.6) is 5.75 Å². The van der Waals surface area contributed by atoms with Crippen molar-refractivity contribution in [2.45, 2.75) is 39.2 Å². The zero-order chi connectivity index (χ0) is 16.4. The molecule has 1 aromatic heterocycles. The van der Waals surface area contributed by atoms with E-state index in [4.69, 9.17) is 4.74 Å². The minimum atomic E-state index is 0.0687. The van der Waals surface area contributed by atoms with Crippen LogP contribution in [0.3, 0.4) is 0 Å². The Balaban J connectivity index is 1.65. The molecule has 1 aliphatic rings. The zero-order valence-electron chi connectivity index (χ0n) is 13.8. The first-order chi connectivity index (χ1) is 11.0. The second-order valence-corrected chi connectivity index (χ2v) is 7.24. The van der Waals surface area contributed by atoms with Gasteiger partial charge in [0.15, 0.2) is 0 Å². The molecule has 4 nitrogen and oxygen atoms in total. The van der Waals surface area contributed by atoms with Gasteiger partial charge in [0, 0.05) is 18.9 Å². The summed E-state index contributed by atoms with van der Waals surface area (Å²) in [6.07, 6.45) is 0.939. The van der Waals surface area contributed by atoms with Gasteiger partial charge in [-0.1, -0.05) is 32.0 Å². The standard InChI is InChI=1S/C18H22N2O2S/c1-12(2)17-19-13(3)16(23-17)18(21)20-10-9-15(11-20)22-14-7-5-4-6-8-14/h4-8,12,15H,9-11H2,1-3H3/t15-/m1/s1. The molecule has 1 aliphatic heterocycles. The molecule has 2 aromatic rings. The number of amides is 1. The van der Waals surface area contributed by atoms with E-state index < -0.39 is 0 Å². The van der Waals surface area contributed by atoms with E-state index in [0.717, 1.165) is 34.3 Å². The van der Waals surface area contributed by atoms with Crippen molar-refractivity contribution in [1.82, 2.24) is 9.88 Å². The second kappa shape index (κ2) is 6.71. The number of nitrogens with zero attached hydrogens (tertiary/aromatic N) is 2. The lowest BCUT2D eigenvalue weighted by atomic mass is 10.2. The number of carbonyl (C=O) groups is 1. The zero-order valence-corrected chi connectivity index (χ0v) is 14.6. The number of benzene rings is 1. The normalized spacial score (nSPS) is 17.7. The average Bonchev–Trinajstić information content (AvgIpc) is 3.14. The summed E-state index contributed by atoms with van der Waals surface area (Å²) >= 11 is 1.52. The van der Waals surface area contributed by atoms with E-state index in [2.05, 4.69) is 18.8 Å². The number of para-hydroxylation sites is 1. The first-order valence-electron chi connectivity index (χ1n) is 8.03. The third kappa shape index (κ3) is 3.55. The molecule has 1 amide bonds. The smallest absolute Gasteiger partial charge is 0.265 e. The Labute approximate surface area is 141 Å². The molecule has 2 heterocycles. The van der Waals surface area contributed by atoms with Crippen LogP contribution < -0.4 is 4.74 Å². The maximum atomic E-state index is 12.7. The van der Waals surface area contributed by atoms with Crippen LogP contribution in [0.15, 0.2) is 30.3 Å². The summed E-state index contributed by atoms with van der Waals surface area (Å²) in [5.41, 5.74) is 0.844. The van der Waals surface area contributed by atoms with Crippen molar-refractivity contribution in [3.8, 4) is 5.75 Å². The van der Waals surface area contributed by atoms with E-state index in [9.17, 15) is 4.79 Å². The number of ether oxygens (including phenoxy) is 1. The number of hydrogen-bond donors (Lipinski definition) is 0. The van der Waals surface area contributed by atoms with E-state index in [1.807, 2.05) is 42.2 Å². The van der Waals surface area contributed by atoms with Gasteiger partial charge in [-0.15, -0.1) is 11.3 Å². The van der Waals surface area contributed by atoms with E-state index >= 15 is 0 Å². The summed E-state index contributed by atoms with van der Waals surface area (Å²) < 4.78 is 5.96. The molecule has 5 heteroatoms. The highest BCUT2D eigenvalue weighted by molar-refractivity contribution is 7.13. The van der Waals surface area contributed by atoms with Crippen molar-refractivity contribution < 1.29 is 9.53 Å². The van der Waals surface area contributed by atoms with Gasteiger partial charge >= 0.3 is 0 Å². The van der Waals surface area contributed by atoms with Gasteiger partial charge in [-0.3, -0.25) is 4.79 Å². The summed E-state index contributed by atoms with van der Waals surface area (Å²) in [5.74, 6) is 1.31. The van der Waals surface area contributed by atoms with Crippen LogP contribution in [0, 0.1) is 6.92 Å². The van der Waals surface area contributed by atoms with Gasteiger partial charge in [0.25, 0.3) is 5.91 Å². The van der Waals surface area contributed by atoms with E-state index in [0.29, 0.717) is 12.5 Å². The molecule has 1 fully saturated rings. The van der Waals surface area contributed by atoms with E-state index in [-0.39, 0.29) is 12.0 Å². The lowest BCUT2D eigenvalue weighted by Gasteiger charge is -2.16. The van der Waals surface area contributed by atoms with Gasteiger partial charge < -0.3 is 9.64 Å². The summed E-state index contributed by atoms with van der Waals surface area (Å²) in [7, 11) is 0. The maximum absolute atomic E-state index is 12.7. The Morgan fingerprint density at radius 3 is 2.74 bits per heavy atom. The number of thiazole rings is 1. The first-order valence-corrected chi connectivity index (χ1v) is 8.84. The third-order valence-electron chi connectivity index (χ3n) is 3.98. The predicted molar refractivity (Wildman–Crippen MR) is 92.3 cm³/mol. The SMILES string of the molecule is Cc1nc(C(C)C)sc1C(=O)N1CC[C@@H](Oc2ccccc2)C1. The molecular formula is C18H22N2O2S. The molecule has 1 saturated heterocycles. The fraction of sp³-hybridized carbons (Fsp3) is 0.444. The third-order valence-corrected chi connectivity index (χ3v) is 5.43. The Bertz CT molecular complexity index is 682. The van der Waals surface area contributed by atoms with Crippen molar-refractivity contribution in [3.05, 3.63) is 45.9 Å². The lowest BCUT2D eigenvalue weighted by Crippen LogP contribution is -2.30. The highest BCUT2D eigenvalue weighted by Gasteiger charge is 2.30. The number of hydrogen-bond acceptors (Lipinski definition) is 4. The summed E-state index contributed by atoms with van der Waals surface area (Å²) in [6, 6.07) is 9.79. The van der Waals surface area contributed by atoms with Crippen LogP contribution in [0.4, 0.5) is 0 Å². The van der Waals surface area contributed by atoms with Gasteiger partial charge in [0.2, 0.25) is 0 Å². The van der Waals surface area contributed by atoms with Crippen LogP contribution in [-0.2, 0) is 0 Å². The molecule has 0 bridgehead atoms. The summed E-state index contributed by atoms with van der Waals surface area (Å²) in [6.45, 7) is 7.51. The van der Waals surface area contributed by atoms with Crippen LogP contribution in [0.2, 0.25) is 0 Å². The second-order valence-electron chi connectivity index (χ2n) is 6.21. The van der Waals surface area contributed by atoms with Crippen LogP contribution in [0.25, 0.3) is 0 Å². The van der Waals surface area contributed by atoms with Gasteiger partial charge in [0.05, 0.1) is 17.2 Å². The lowest BCUT2D eigenvalue weighted by molar-refractivity contribution is 0.0776. The molecule has 0 aliphatic carbocycles. The Morgan fingerprint density at radius 1 is 1.35 bits per heavy atom. The monoisotopic (exact) mass is 330 g/mol. The van der Waals surface area contributed by atoms with Gasteiger partial charge in [-0.25, -0.2) is 4.98 Å². The van der Waals surface area contributed by atoms with Crippen LogP contribution in [0.1, 0.15) is 46.6 Å². The fourth-order valence-corrected chi connectivity index (χ4v) is 3.74. The maximum Gasteiger partial charge on any atom is 0.265 e. The fourth-order valence-electron chi connectivity index (χ4n) is 2.71. The Hall–Kier alpha value is -1.88. The molecule has 1 atom stereocenters. The van der Waals surface area contributed by atoms with Crippen molar-refractivity contribution >= 4 is 17.2 Å². The van der Waals surface area contributed by atoms with Gasteiger partial charge in [-0.05, 0) is 19.1 Å². The minimum Gasteiger partial charge on any atom is -0.489 e. The number of aromatic nitrogens is 1. The number of aryl methyl sites for hydroxylation is 1. The summed E-state index contributed by atoms with van der Waals surface area (Å²) in [5, 5.41) is 1.03. The molecule has 0 N–H and O–H groups in total. The average molecular weight is 330 g/mol. The van der Waals surface area contributed by atoms with Crippen LogP contribution in [-0.4, -0.2) is 35.0 Å². The molecule has 1 aromatic carbocycles. The quantitative estimate of drug-likeness (QED) is 0.854. The van der Waals surface area contributed by atoms with Crippen molar-refractivity contribution in [1.29, 1.82) is 0 Å². The van der Waals surface area contributed by atoms with Gasteiger partial charge in [-0.2, -0.15) is 0 Å². The first kappa shape index (κ1) is 16.0. The Morgan fingerprint density at radius 2 is 2.09 bits per heavy atom. The number of likely N-dealkylation sites (tertiary alicyclic amines) is 1. The number of carbonyl (C=O) groups excluding carboxylic acids is 1. The number of rotatable bonds is 4. The molecule has 122 valence electrons. The molecular weight excluding hydrogens is 308 g/mol. The van der Waals surface area contributed by atoms with Gasteiger partial charge in [0.1, 0.15) is 16.7 Å². The van der Waals surface area contributed by atoms with E-state index in [1.165, 1.54) is 11.3 Å². The molecule has 0 radical (unpaired) electrons. The molecule has 0 saturated carbocycles. The van der Waals surface area contributed by atoms with Crippen molar-refractivity contribution in [2.75, 3.05) is 13.1 Å². The minimum absolute atomic E-state index is 0.0687. The van der Waals surface area contributed by atoms with Crippen molar-refractivity contribution in [3.63, 3.8) is 0 Å². The van der Waals surface area contributed by atoms with Crippen LogP contribution >= 0.6 is 11.3 Å². The van der Waals surface area contributed by atoms with E-state index in [1.54, 1.807) is 0 Å². The highest BCUT2D eigenvalue weighted by Crippen LogP contribution is 2.27. The molecule has 0 unspecified atom stereocenters. The predicted octanol–water partition coefficient (Wildman–Crippen LogP) is 3.87. The largest absolute Gasteiger partial charge is 0.489 e. The summed E-state index contributed by atoms with van der Waals surface area (Å²) in [4.78, 5) is 19.9. The molecule has 0 spiro atoms.